The maximum Gasteiger partial charge on any atom is 0.314 e. The van der Waals surface area contributed by atoms with Gasteiger partial charge in [-0.15, -0.1) is 0 Å². The quantitative estimate of drug-likeness (QED) is 0.452. The van der Waals surface area contributed by atoms with Crippen molar-refractivity contribution in [3.8, 4) is 5.75 Å². The lowest BCUT2D eigenvalue weighted by Gasteiger charge is -2.21. The molecule has 0 aliphatic heterocycles. The molecular formula is C12H13BrClNO5. The van der Waals surface area contributed by atoms with E-state index in [1.165, 1.54) is 19.2 Å². The number of carbonyl (C=O) groups excluding carboxylic acids is 1. The summed E-state index contributed by atoms with van der Waals surface area (Å²) in [7, 11) is 1.27. The molecule has 0 amide bonds. The molecule has 0 fully saturated rings. The number of nitrogens with zero attached hydrogens (tertiary/aromatic N) is 1. The fourth-order valence-electron chi connectivity index (χ4n) is 1.41. The standard InChI is InChI=1S/C12H13BrClNO5/c1-12(2,11(16)19-3)6-20-10-8(13)4-7(14)5-9(10)15(17)18/h4-5H,6H2,1-3H3. The lowest BCUT2D eigenvalue weighted by atomic mass is 9.95. The number of ether oxygens (including phenoxy) is 2. The van der Waals surface area contributed by atoms with E-state index in [-0.39, 0.29) is 23.1 Å². The van der Waals surface area contributed by atoms with Crippen molar-refractivity contribution in [1.29, 1.82) is 0 Å². The van der Waals surface area contributed by atoms with E-state index in [0.717, 1.165) is 0 Å². The molecule has 0 N–H and O–H groups in total. The highest BCUT2D eigenvalue weighted by molar-refractivity contribution is 9.10. The van der Waals surface area contributed by atoms with Gasteiger partial charge in [-0.25, -0.2) is 0 Å². The van der Waals surface area contributed by atoms with Crippen LogP contribution in [0.3, 0.4) is 0 Å². The summed E-state index contributed by atoms with van der Waals surface area (Å²) in [5.41, 5.74) is -1.20. The third-order valence-electron chi connectivity index (χ3n) is 2.50. The van der Waals surface area contributed by atoms with Crippen LogP contribution >= 0.6 is 27.5 Å². The molecule has 8 heteroatoms. The average Bonchev–Trinajstić information content (AvgIpc) is 2.35. The fraction of sp³-hybridized carbons (Fsp3) is 0.417. The highest BCUT2D eigenvalue weighted by Gasteiger charge is 2.31. The SMILES string of the molecule is COC(=O)C(C)(C)COc1c(Br)cc(Cl)cc1[N+](=O)[O-]. The zero-order valence-electron chi connectivity index (χ0n) is 11.1. The Hall–Kier alpha value is -1.34. The van der Waals surface area contributed by atoms with E-state index in [0.29, 0.717) is 4.47 Å². The minimum atomic E-state index is -0.929. The lowest BCUT2D eigenvalue weighted by Crippen LogP contribution is -2.32. The Bertz CT molecular complexity index is 547. The molecule has 1 aromatic rings. The summed E-state index contributed by atoms with van der Waals surface area (Å²) < 4.78 is 10.4. The first kappa shape index (κ1) is 16.7. The Morgan fingerprint density at radius 2 is 2.10 bits per heavy atom. The van der Waals surface area contributed by atoms with Crippen molar-refractivity contribution in [1.82, 2.24) is 0 Å². The van der Waals surface area contributed by atoms with Gasteiger partial charge in [-0.05, 0) is 35.8 Å². The van der Waals surface area contributed by atoms with Gasteiger partial charge in [0.05, 0.1) is 21.9 Å². The number of rotatable bonds is 5. The number of hydrogen-bond donors (Lipinski definition) is 0. The van der Waals surface area contributed by atoms with E-state index in [1.807, 2.05) is 0 Å². The van der Waals surface area contributed by atoms with Crippen LogP contribution in [0.2, 0.25) is 5.02 Å². The van der Waals surface area contributed by atoms with Crippen LogP contribution in [0.1, 0.15) is 13.8 Å². The Labute approximate surface area is 129 Å². The molecule has 0 aliphatic carbocycles. The first-order valence-electron chi connectivity index (χ1n) is 5.53. The van der Waals surface area contributed by atoms with Gasteiger partial charge in [-0.2, -0.15) is 0 Å². The second-order valence-corrected chi connectivity index (χ2v) is 5.95. The zero-order valence-corrected chi connectivity index (χ0v) is 13.4. The van der Waals surface area contributed by atoms with Crippen LogP contribution in [0.5, 0.6) is 5.75 Å². The Morgan fingerprint density at radius 3 is 2.60 bits per heavy atom. The number of benzene rings is 1. The van der Waals surface area contributed by atoms with Crippen LogP contribution in [0, 0.1) is 15.5 Å². The molecule has 6 nitrogen and oxygen atoms in total. The zero-order chi connectivity index (χ0) is 15.5. The third-order valence-corrected chi connectivity index (χ3v) is 3.31. The van der Waals surface area contributed by atoms with E-state index in [2.05, 4.69) is 20.7 Å². The number of esters is 1. The van der Waals surface area contributed by atoms with E-state index in [4.69, 9.17) is 16.3 Å². The highest BCUT2D eigenvalue weighted by atomic mass is 79.9. The maximum absolute atomic E-state index is 11.5. The van der Waals surface area contributed by atoms with E-state index in [1.54, 1.807) is 13.8 Å². The molecule has 0 heterocycles. The van der Waals surface area contributed by atoms with Crippen molar-refractivity contribution in [3.63, 3.8) is 0 Å². The molecule has 0 bridgehead atoms. The van der Waals surface area contributed by atoms with Gasteiger partial charge in [0, 0.05) is 11.1 Å². The van der Waals surface area contributed by atoms with Crippen LogP contribution in [-0.4, -0.2) is 24.6 Å². The van der Waals surface area contributed by atoms with Crippen LogP contribution in [0.4, 0.5) is 5.69 Å². The number of carbonyl (C=O) groups is 1. The molecule has 1 rings (SSSR count). The van der Waals surface area contributed by atoms with Gasteiger partial charge in [-0.3, -0.25) is 14.9 Å². The monoisotopic (exact) mass is 365 g/mol. The van der Waals surface area contributed by atoms with Gasteiger partial charge in [0.25, 0.3) is 0 Å². The summed E-state index contributed by atoms with van der Waals surface area (Å²) in [6.45, 7) is 3.17. The number of nitro benzene ring substituents is 1. The van der Waals surface area contributed by atoms with E-state index >= 15 is 0 Å². The minimum Gasteiger partial charge on any atom is -0.485 e. The van der Waals surface area contributed by atoms with Gasteiger partial charge in [0.15, 0.2) is 0 Å². The summed E-state index contributed by atoms with van der Waals surface area (Å²) in [4.78, 5) is 21.9. The van der Waals surface area contributed by atoms with Crippen molar-refractivity contribution in [3.05, 3.63) is 31.7 Å². The number of hydrogen-bond acceptors (Lipinski definition) is 5. The van der Waals surface area contributed by atoms with Crippen molar-refractivity contribution in [2.45, 2.75) is 13.8 Å². The summed E-state index contributed by atoms with van der Waals surface area (Å²) in [5.74, 6) is -0.443. The Kier molecular flexibility index (Phi) is 5.35. The normalized spacial score (nSPS) is 11.1. The van der Waals surface area contributed by atoms with Gasteiger partial charge in [0.1, 0.15) is 6.61 Å². The lowest BCUT2D eigenvalue weighted by molar-refractivity contribution is -0.386. The minimum absolute atomic E-state index is 0.0244. The van der Waals surface area contributed by atoms with Crippen LogP contribution in [-0.2, 0) is 9.53 Å². The Morgan fingerprint density at radius 1 is 1.50 bits per heavy atom. The fourth-order valence-corrected chi connectivity index (χ4v) is 2.32. The van der Waals surface area contributed by atoms with Gasteiger partial charge in [0.2, 0.25) is 5.75 Å². The second kappa shape index (κ2) is 6.41. The largest absolute Gasteiger partial charge is 0.485 e. The molecule has 0 atom stereocenters. The van der Waals surface area contributed by atoms with Crippen LogP contribution in [0.15, 0.2) is 16.6 Å². The molecule has 0 aliphatic rings. The summed E-state index contributed by atoms with van der Waals surface area (Å²) in [6.07, 6.45) is 0. The molecule has 0 aromatic heterocycles. The van der Waals surface area contributed by atoms with E-state index in [9.17, 15) is 14.9 Å². The summed E-state index contributed by atoms with van der Waals surface area (Å²) in [6, 6.07) is 2.67. The highest BCUT2D eigenvalue weighted by Crippen LogP contribution is 2.38. The van der Waals surface area contributed by atoms with Gasteiger partial charge < -0.3 is 9.47 Å². The summed E-state index contributed by atoms with van der Waals surface area (Å²) in [5, 5.41) is 11.2. The topological polar surface area (TPSA) is 78.7 Å². The molecule has 0 spiro atoms. The molecular weight excluding hydrogens is 353 g/mol. The van der Waals surface area contributed by atoms with Crippen molar-refractivity contribution in [2.24, 2.45) is 5.41 Å². The molecule has 0 unspecified atom stereocenters. The Balaban J connectivity index is 3.04. The third kappa shape index (κ3) is 3.83. The predicted molar refractivity (Wildman–Crippen MR) is 77.1 cm³/mol. The first-order valence-corrected chi connectivity index (χ1v) is 6.71. The second-order valence-electron chi connectivity index (χ2n) is 4.66. The molecule has 0 saturated heterocycles. The van der Waals surface area contributed by atoms with Gasteiger partial charge >= 0.3 is 11.7 Å². The average molecular weight is 367 g/mol. The number of nitro groups is 1. The predicted octanol–water partition coefficient (Wildman–Crippen LogP) is 3.59. The van der Waals surface area contributed by atoms with Crippen LogP contribution in [0.25, 0.3) is 0 Å². The molecule has 0 saturated carbocycles. The van der Waals surface area contributed by atoms with Crippen molar-refractivity contribution >= 4 is 39.2 Å². The van der Waals surface area contributed by atoms with E-state index < -0.39 is 16.3 Å². The molecule has 110 valence electrons. The van der Waals surface area contributed by atoms with Crippen molar-refractivity contribution in [2.75, 3.05) is 13.7 Å². The van der Waals surface area contributed by atoms with Gasteiger partial charge in [-0.1, -0.05) is 11.6 Å². The molecule has 0 radical (unpaired) electrons. The number of methoxy groups -OCH3 is 1. The van der Waals surface area contributed by atoms with Crippen LogP contribution < -0.4 is 4.74 Å². The smallest absolute Gasteiger partial charge is 0.314 e. The first-order chi connectivity index (χ1) is 9.19. The molecule has 20 heavy (non-hydrogen) atoms. The maximum atomic E-state index is 11.5. The molecule has 1 aromatic carbocycles. The summed E-state index contributed by atoms with van der Waals surface area (Å²) >= 11 is 8.92. The van der Waals surface area contributed by atoms with Crippen molar-refractivity contribution < 1.29 is 19.2 Å². The number of halogens is 2.